The molecule has 0 saturated heterocycles. The van der Waals surface area contributed by atoms with Gasteiger partial charge in [0.05, 0.1) is 0 Å². The topological polar surface area (TPSA) is 79.3 Å². The van der Waals surface area contributed by atoms with Gasteiger partial charge in [-0.25, -0.2) is 4.79 Å². The van der Waals surface area contributed by atoms with E-state index in [-0.39, 0.29) is 6.42 Å². The zero-order valence-electron chi connectivity index (χ0n) is 7.38. The number of aliphatic carboxylic acids is 1. The van der Waals surface area contributed by atoms with Gasteiger partial charge < -0.3 is 10.4 Å². The smallest absolute Gasteiger partial charge is 0.326 e. The van der Waals surface area contributed by atoms with Crippen molar-refractivity contribution in [1.82, 2.24) is 10.3 Å². The molecule has 0 aliphatic carbocycles. The molecule has 1 atom stereocenters. The van der Waals surface area contributed by atoms with E-state index in [1.807, 2.05) is 0 Å². The molecule has 0 aliphatic heterocycles. The maximum absolute atomic E-state index is 10.7. The molecule has 5 nitrogen and oxygen atoms in total. The van der Waals surface area contributed by atoms with Crippen molar-refractivity contribution in [2.24, 2.45) is 0 Å². The first-order valence-electron chi connectivity index (χ1n) is 4.05. The molecule has 5 heteroatoms. The van der Waals surface area contributed by atoms with Crippen molar-refractivity contribution in [3.63, 3.8) is 0 Å². The summed E-state index contributed by atoms with van der Waals surface area (Å²) in [5.41, 5.74) is 0.821. The van der Waals surface area contributed by atoms with E-state index >= 15 is 0 Å². The number of amides is 1. The maximum atomic E-state index is 10.7. The van der Waals surface area contributed by atoms with Crippen LogP contribution in [0, 0.1) is 0 Å². The van der Waals surface area contributed by atoms with E-state index in [1.165, 1.54) is 0 Å². The largest absolute Gasteiger partial charge is 0.480 e. The normalized spacial score (nSPS) is 11.7. The Kier molecular flexibility index (Phi) is 3.60. The molecule has 1 heterocycles. The molecule has 0 saturated carbocycles. The minimum atomic E-state index is -1.05. The molecule has 0 spiro atoms. The van der Waals surface area contributed by atoms with Crippen molar-refractivity contribution in [2.45, 2.75) is 12.5 Å². The second-order valence-electron chi connectivity index (χ2n) is 2.73. The lowest BCUT2D eigenvalue weighted by molar-refractivity contribution is -0.140. The average molecular weight is 194 g/mol. The molecule has 0 bridgehead atoms. The molecule has 0 unspecified atom stereocenters. The number of nitrogens with zero attached hydrogens (tertiary/aromatic N) is 1. The zero-order chi connectivity index (χ0) is 10.4. The molecular weight excluding hydrogens is 184 g/mol. The van der Waals surface area contributed by atoms with Crippen LogP contribution in [0.5, 0.6) is 0 Å². The predicted octanol–water partition coefficient (Wildman–Crippen LogP) is -0.177. The summed E-state index contributed by atoms with van der Waals surface area (Å²) in [6.45, 7) is 0. The summed E-state index contributed by atoms with van der Waals surface area (Å²) < 4.78 is 0. The quantitative estimate of drug-likeness (QED) is 0.637. The van der Waals surface area contributed by atoms with Gasteiger partial charge in [-0.2, -0.15) is 0 Å². The number of carboxylic acid groups (broad SMARTS) is 1. The molecule has 1 amide bonds. The Bertz CT molecular complexity index is 313. The molecule has 74 valence electrons. The molecule has 1 aromatic heterocycles. The van der Waals surface area contributed by atoms with Crippen LogP contribution in [0.1, 0.15) is 5.56 Å². The van der Waals surface area contributed by atoms with Crippen LogP contribution >= 0.6 is 0 Å². The summed E-state index contributed by atoms with van der Waals surface area (Å²) in [7, 11) is 0. The van der Waals surface area contributed by atoms with Crippen molar-refractivity contribution in [1.29, 1.82) is 0 Å². The summed E-state index contributed by atoms with van der Waals surface area (Å²) in [6.07, 6.45) is 3.81. The highest BCUT2D eigenvalue weighted by Gasteiger charge is 2.16. The Morgan fingerprint density at radius 2 is 2.21 bits per heavy atom. The average Bonchev–Trinajstić information content (AvgIpc) is 2.18. The van der Waals surface area contributed by atoms with Gasteiger partial charge in [0.25, 0.3) is 0 Å². The fourth-order valence-electron chi connectivity index (χ4n) is 1.05. The van der Waals surface area contributed by atoms with Gasteiger partial charge in [0.2, 0.25) is 6.41 Å². The van der Waals surface area contributed by atoms with Gasteiger partial charge in [0.15, 0.2) is 0 Å². The van der Waals surface area contributed by atoms with Gasteiger partial charge in [0, 0.05) is 18.8 Å². The van der Waals surface area contributed by atoms with E-state index in [0.29, 0.717) is 6.41 Å². The minimum Gasteiger partial charge on any atom is -0.480 e. The third-order valence-corrected chi connectivity index (χ3v) is 1.76. The number of hydrogen-bond acceptors (Lipinski definition) is 3. The van der Waals surface area contributed by atoms with Gasteiger partial charge in [-0.15, -0.1) is 0 Å². The van der Waals surface area contributed by atoms with Crippen LogP contribution in [0.3, 0.4) is 0 Å². The monoisotopic (exact) mass is 194 g/mol. The standard InChI is InChI=1S/C9H10N2O3/c12-6-11-8(9(13)14)5-7-1-3-10-4-2-7/h1-4,6,8H,5H2,(H,11,12)(H,13,14)/t8-/m0/s1. The van der Waals surface area contributed by atoms with Crippen molar-refractivity contribution in [3.05, 3.63) is 30.1 Å². The van der Waals surface area contributed by atoms with E-state index in [1.54, 1.807) is 24.5 Å². The highest BCUT2D eigenvalue weighted by Crippen LogP contribution is 2.01. The summed E-state index contributed by atoms with van der Waals surface area (Å²) >= 11 is 0. The highest BCUT2D eigenvalue weighted by atomic mass is 16.4. The fraction of sp³-hybridized carbons (Fsp3) is 0.222. The van der Waals surface area contributed by atoms with E-state index in [9.17, 15) is 9.59 Å². The van der Waals surface area contributed by atoms with E-state index in [2.05, 4.69) is 10.3 Å². The maximum Gasteiger partial charge on any atom is 0.326 e. The fourth-order valence-corrected chi connectivity index (χ4v) is 1.05. The first kappa shape index (κ1) is 10.2. The lowest BCUT2D eigenvalue weighted by Gasteiger charge is -2.10. The Hall–Kier alpha value is -1.91. The minimum absolute atomic E-state index is 0.261. The van der Waals surface area contributed by atoms with Gasteiger partial charge in [0.1, 0.15) is 6.04 Å². The number of carbonyl (C=O) groups is 2. The van der Waals surface area contributed by atoms with Crippen LogP contribution in [0.25, 0.3) is 0 Å². The molecule has 0 fully saturated rings. The third kappa shape index (κ3) is 2.85. The van der Waals surface area contributed by atoms with E-state index in [0.717, 1.165) is 5.56 Å². The van der Waals surface area contributed by atoms with Crippen molar-refractivity contribution < 1.29 is 14.7 Å². The van der Waals surface area contributed by atoms with Crippen LogP contribution in [0.15, 0.2) is 24.5 Å². The Labute approximate surface area is 80.8 Å². The number of nitrogens with one attached hydrogen (secondary N) is 1. The number of rotatable bonds is 5. The van der Waals surface area contributed by atoms with E-state index in [4.69, 9.17) is 5.11 Å². The molecule has 0 aliphatic rings. The second kappa shape index (κ2) is 4.96. The van der Waals surface area contributed by atoms with Gasteiger partial charge >= 0.3 is 5.97 Å². The number of aromatic nitrogens is 1. The van der Waals surface area contributed by atoms with Crippen LogP contribution in [-0.2, 0) is 16.0 Å². The van der Waals surface area contributed by atoms with Crippen LogP contribution in [0.2, 0.25) is 0 Å². The van der Waals surface area contributed by atoms with Crippen molar-refractivity contribution in [3.8, 4) is 0 Å². The van der Waals surface area contributed by atoms with Crippen LogP contribution in [-0.4, -0.2) is 28.5 Å². The van der Waals surface area contributed by atoms with Crippen LogP contribution < -0.4 is 5.32 Å². The number of hydrogen-bond donors (Lipinski definition) is 2. The summed E-state index contributed by atoms with van der Waals surface area (Å²) in [5.74, 6) is -1.05. The van der Waals surface area contributed by atoms with Crippen molar-refractivity contribution >= 4 is 12.4 Å². The molecule has 2 N–H and O–H groups in total. The molecule has 1 aromatic rings. The molecule has 0 aromatic carbocycles. The first-order valence-corrected chi connectivity index (χ1v) is 4.05. The third-order valence-electron chi connectivity index (χ3n) is 1.76. The lowest BCUT2D eigenvalue weighted by atomic mass is 10.1. The SMILES string of the molecule is O=CN[C@@H](Cc1ccncc1)C(=O)O. The van der Waals surface area contributed by atoms with Gasteiger partial charge in [-0.05, 0) is 17.7 Å². The van der Waals surface area contributed by atoms with Crippen LogP contribution in [0.4, 0.5) is 0 Å². The molecule has 14 heavy (non-hydrogen) atoms. The first-order chi connectivity index (χ1) is 6.74. The highest BCUT2D eigenvalue weighted by molar-refractivity contribution is 5.76. The summed E-state index contributed by atoms with van der Waals surface area (Å²) in [4.78, 5) is 24.6. The molecule has 0 radical (unpaired) electrons. The summed E-state index contributed by atoms with van der Waals surface area (Å²) in [5, 5.41) is 11.0. The van der Waals surface area contributed by atoms with Gasteiger partial charge in [-0.3, -0.25) is 9.78 Å². The molecular formula is C9H10N2O3. The number of carbonyl (C=O) groups excluding carboxylic acids is 1. The number of carboxylic acids is 1. The van der Waals surface area contributed by atoms with Crippen molar-refractivity contribution in [2.75, 3.05) is 0 Å². The Balaban J connectivity index is 2.64. The Morgan fingerprint density at radius 1 is 1.57 bits per heavy atom. The lowest BCUT2D eigenvalue weighted by Crippen LogP contribution is -2.37. The summed E-state index contributed by atoms with van der Waals surface area (Å²) in [6, 6.07) is 2.54. The number of pyridine rings is 1. The second-order valence-corrected chi connectivity index (χ2v) is 2.73. The van der Waals surface area contributed by atoms with Gasteiger partial charge in [-0.1, -0.05) is 0 Å². The Morgan fingerprint density at radius 3 is 2.71 bits per heavy atom. The zero-order valence-corrected chi connectivity index (χ0v) is 7.38. The predicted molar refractivity (Wildman–Crippen MR) is 48.6 cm³/mol. The van der Waals surface area contributed by atoms with E-state index < -0.39 is 12.0 Å². The molecule has 1 rings (SSSR count).